The fourth-order valence-electron chi connectivity index (χ4n) is 2.05. The number of hydrogen-bond acceptors (Lipinski definition) is 4. The minimum absolute atomic E-state index is 0.293. The van der Waals surface area contributed by atoms with E-state index in [2.05, 4.69) is 9.98 Å². The molecular formula is C14H17N3O3S. The quantitative estimate of drug-likeness (QED) is 0.881. The van der Waals surface area contributed by atoms with Crippen molar-refractivity contribution in [1.29, 1.82) is 0 Å². The summed E-state index contributed by atoms with van der Waals surface area (Å²) in [5.41, 5.74) is 1.91. The third kappa shape index (κ3) is 2.97. The maximum Gasteiger partial charge on any atom is 0.340 e. The standard InChI is InChI=1S/C14H17N3O3S/c1-5-20-13(19)10-8(2)11(15-9(10)3)12(18)16-14-17(4)6-7-21-14/h6-7,15H,5H2,1-4H3. The fraction of sp³-hybridized carbons (Fsp3) is 0.357. The minimum Gasteiger partial charge on any atom is -0.462 e. The Morgan fingerprint density at radius 1 is 1.43 bits per heavy atom. The number of nitrogens with zero attached hydrogens (tertiary/aromatic N) is 2. The number of rotatable bonds is 3. The van der Waals surface area contributed by atoms with Gasteiger partial charge in [0.2, 0.25) is 0 Å². The van der Waals surface area contributed by atoms with Crippen LogP contribution in [0.25, 0.3) is 0 Å². The molecule has 0 fully saturated rings. The number of aromatic amines is 1. The van der Waals surface area contributed by atoms with Gasteiger partial charge in [-0.15, -0.1) is 11.3 Å². The first-order chi connectivity index (χ1) is 9.95. The summed E-state index contributed by atoms with van der Waals surface area (Å²) in [5.74, 6) is -0.825. The third-order valence-corrected chi connectivity index (χ3v) is 3.94. The number of hydrogen-bond donors (Lipinski definition) is 1. The summed E-state index contributed by atoms with van der Waals surface area (Å²) in [6.45, 7) is 5.49. The summed E-state index contributed by atoms with van der Waals surface area (Å²) in [7, 11) is 1.82. The predicted octanol–water partition coefficient (Wildman–Crippen LogP) is 1.95. The van der Waals surface area contributed by atoms with Crippen molar-refractivity contribution in [2.75, 3.05) is 6.61 Å². The van der Waals surface area contributed by atoms with Crippen molar-refractivity contribution in [1.82, 2.24) is 9.55 Å². The van der Waals surface area contributed by atoms with Gasteiger partial charge in [0.25, 0.3) is 5.91 Å². The molecule has 0 saturated carbocycles. The zero-order valence-corrected chi connectivity index (χ0v) is 13.2. The largest absolute Gasteiger partial charge is 0.462 e. The van der Waals surface area contributed by atoms with Gasteiger partial charge < -0.3 is 14.3 Å². The predicted molar refractivity (Wildman–Crippen MR) is 79.4 cm³/mol. The molecule has 0 bridgehead atoms. The number of ether oxygens (including phenoxy) is 1. The molecule has 21 heavy (non-hydrogen) atoms. The lowest BCUT2D eigenvalue weighted by atomic mass is 10.1. The van der Waals surface area contributed by atoms with Crippen molar-refractivity contribution in [2.24, 2.45) is 12.0 Å². The van der Waals surface area contributed by atoms with Gasteiger partial charge in [-0.05, 0) is 26.3 Å². The van der Waals surface area contributed by atoms with Gasteiger partial charge in [-0.2, -0.15) is 4.99 Å². The minimum atomic E-state index is -0.426. The van der Waals surface area contributed by atoms with E-state index in [1.807, 2.05) is 18.6 Å². The lowest BCUT2D eigenvalue weighted by Gasteiger charge is -2.01. The van der Waals surface area contributed by atoms with E-state index in [4.69, 9.17) is 4.74 Å². The van der Waals surface area contributed by atoms with E-state index in [1.165, 1.54) is 11.3 Å². The van der Waals surface area contributed by atoms with Gasteiger partial charge in [0, 0.05) is 24.3 Å². The Hall–Kier alpha value is -2.15. The molecular weight excluding hydrogens is 290 g/mol. The molecule has 0 spiro atoms. The normalized spacial score (nSPS) is 11.7. The Morgan fingerprint density at radius 2 is 2.14 bits per heavy atom. The Kier molecular flexibility index (Phi) is 4.42. The molecule has 1 N–H and O–H groups in total. The van der Waals surface area contributed by atoms with Crippen LogP contribution in [0.5, 0.6) is 0 Å². The second-order valence-corrected chi connectivity index (χ2v) is 5.43. The number of esters is 1. The highest BCUT2D eigenvalue weighted by molar-refractivity contribution is 7.07. The smallest absolute Gasteiger partial charge is 0.340 e. The molecule has 0 radical (unpaired) electrons. The van der Waals surface area contributed by atoms with E-state index < -0.39 is 11.9 Å². The summed E-state index contributed by atoms with van der Waals surface area (Å²) in [4.78, 5) is 31.8. The van der Waals surface area contributed by atoms with Crippen LogP contribution in [0.4, 0.5) is 0 Å². The molecule has 2 aromatic rings. The van der Waals surface area contributed by atoms with E-state index in [1.54, 1.807) is 25.3 Å². The molecule has 2 rings (SSSR count). The van der Waals surface area contributed by atoms with E-state index in [-0.39, 0.29) is 0 Å². The molecule has 7 heteroatoms. The maximum absolute atomic E-state index is 12.3. The molecule has 0 saturated heterocycles. The molecule has 0 aliphatic carbocycles. The highest BCUT2D eigenvalue weighted by atomic mass is 32.1. The molecule has 2 aromatic heterocycles. The van der Waals surface area contributed by atoms with E-state index in [0.29, 0.717) is 33.9 Å². The summed E-state index contributed by atoms with van der Waals surface area (Å²) >= 11 is 1.37. The van der Waals surface area contributed by atoms with Gasteiger partial charge >= 0.3 is 5.97 Å². The molecule has 0 aromatic carbocycles. The van der Waals surface area contributed by atoms with Gasteiger partial charge in [-0.25, -0.2) is 4.79 Å². The Labute approximate surface area is 126 Å². The van der Waals surface area contributed by atoms with Gasteiger partial charge in [0.15, 0.2) is 4.80 Å². The Balaban J connectivity index is 2.43. The topological polar surface area (TPSA) is 76.5 Å². The number of nitrogens with one attached hydrogen (secondary N) is 1. The second kappa shape index (κ2) is 6.09. The number of carbonyl (C=O) groups is 2. The van der Waals surface area contributed by atoms with Crippen LogP contribution in [0.3, 0.4) is 0 Å². The van der Waals surface area contributed by atoms with Crippen molar-refractivity contribution >= 4 is 23.2 Å². The Morgan fingerprint density at radius 3 is 2.71 bits per heavy atom. The van der Waals surface area contributed by atoms with Crippen molar-refractivity contribution < 1.29 is 14.3 Å². The van der Waals surface area contributed by atoms with Crippen molar-refractivity contribution in [3.05, 3.63) is 38.9 Å². The summed E-state index contributed by atoms with van der Waals surface area (Å²) < 4.78 is 6.77. The Bertz CT molecular complexity index is 752. The van der Waals surface area contributed by atoms with Crippen LogP contribution in [0.2, 0.25) is 0 Å². The molecule has 1 amide bonds. The fourth-order valence-corrected chi connectivity index (χ4v) is 2.78. The summed E-state index contributed by atoms with van der Waals surface area (Å²) in [6, 6.07) is 0. The highest BCUT2D eigenvalue weighted by Crippen LogP contribution is 2.19. The van der Waals surface area contributed by atoms with Gasteiger partial charge in [-0.3, -0.25) is 4.79 Å². The van der Waals surface area contributed by atoms with Gasteiger partial charge in [0.1, 0.15) is 5.69 Å². The number of carbonyl (C=O) groups excluding carboxylic acids is 2. The van der Waals surface area contributed by atoms with Crippen LogP contribution >= 0.6 is 11.3 Å². The average molecular weight is 307 g/mol. The third-order valence-electron chi connectivity index (χ3n) is 3.09. The van der Waals surface area contributed by atoms with Crippen LogP contribution < -0.4 is 4.80 Å². The molecule has 112 valence electrons. The van der Waals surface area contributed by atoms with Crippen molar-refractivity contribution in [3.63, 3.8) is 0 Å². The zero-order chi connectivity index (χ0) is 15.6. The molecule has 0 unspecified atom stereocenters. The van der Waals surface area contributed by atoms with Crippen LogP contribution in [-0.4, -0.2) is 28.0 Å². The van der Waals surface area contributed by atoms with E-state index in [9.17, 15) is 9.59 Å². The summed E-state index contributed by atoms with van der Waals surface area (Å²) in [6.07, 6.45) is 1.83. The summed E-state index contributed by atoms with van der Waals surface area (Å²) in [5, 5.41) is 1.85. The van der Waals surface area contributed by atoms with Crippen LogP contribution in [0.15, 0.2) is 16.6 Å². The first kappa shape index (κ1) is 15.2. The number of thiazole rings is 1. The SMILES string of the molecule is CCOC(=O)c1c(C)[nH]c(C(=O)N=c2sccn2C)c1C. The number of aryl methyl sites for hydroxylation is 2. The monoisotopic (exact) mass is 307 g/mol. The molecule has 0 aliphatic rings. The van der Waals surface area contributed by atoms with E-state index in [0.717, 1.165) is 0 Å². The second-order valence-electron chi connectivity index (χ2n) is 4.56. The number of aromatic nitrogens is 2. The average Bonchev–Trinajstić information content (AvgIpc) is 2.94. The molecule has 0 atom stereocenters. The van der Waals surface area contributed by atoms with Crippen LogP contribution in [0, 0.1) is 13.8 Å². The maximum atomic E-state index is 12.3. The molecule has 0 aliphatic heterocycles. The van der Waals surface area contributed by atoms with E-state index >= 15 is 0 Å². The van der Waals surface area contributed by atoms with Gasteiger partial charge in [0.05, 0.1) is 12.2 Å². The first-order valence-electron chi connectivity index (χ1n) is 6.51. The van der Waals surface area contributed by atoms with Crippen LogP contribution in [-0.2, 0) is 11.8 Å². The van der Waals surface area contributed by atoms with Crippen LogP contribution in [0.1, 0.15) is 39.0 Å². The number of H-pyrrole nitrogens is 1. The number of amides is 1. The van der Waals surface area contributed by atoms with Crippen molar-refractivity contribution in [2.45, 2.75) is 20.8 Å². The van der Waals surface area contributed by atoms with Gasteiger partial charge in [-0.1, -0.05) is 0 Å². The lowest BCUT2D eigenvalue weighted by Crippen LogP contribution is -2.13. The highest BCUT2D eigenvalue weighted by Gasteiger charge is 2.22. The first-order valence-corrected chi connectivity index (χ1v) is 7.39. The van der Waals surface area contributed by atoms with Crippen molar-refractivity contribution in [3.8, 4) is 0 Å². The zero-order valence-electron chi connectivity index (χ0n) is 12.4. The molecule has 6 nitrogen and oxygen atoms in total. The molecule has 2 heterocycles. The lowest BCUT2D eigenvalue weighted by molar-refractivity contribution is 0.0525.